The van der Waals surface area contributed by atoms with Crippen LogP contribution in [0.4, 0.5) is 0 Å². The Morgan fingerprint density at radius 3 is 2.64 bits per heavy atom. The minimum Gasteiger partial charge on any atom is -0.387 e. The summed E-state index contributed by atoms with van der Waals surface area (Å²) in [5.41, 5.74) is 7.56. The summed E-state index contributed by atoms with van der Waals surface area (Å²) in [5.74, 6) is 0.644. The lowest BCUT2D eigenvalue weighted by Crippen LogP contribution is -2.07. The van der Waals surface area contributed by atoms with Crippen molar-refractivity contribution in [1.82, 2.24) is 5.32 Å². The van der Waals surface area contributed by atoms with Crippen molar-refractivity contribution >= 4 is 11.6 Å². The molecular weight excluding hydrogens is 326 g/mol. The predicted octanol–water partition coefficient (Wildman–Crippen LogP) is 6.74. The lowest BCUT2D eigenvalue weighted by atomic mass is 9.84. The van der Waals surface area contributed by atoms with Gasteiger partial charge >= 0.3 is 0 Å². The van der Waals surface area contributed by atoms with Crippen molar-refractivity contribution in [2.24, 2.45) is 5.92 Å². The Morgan fingerprint density at radius 2 is 1.92 bits per heavy atom. The summed E-state index contributed by atoms with van der Waals surface area (Å²) in [5, 5.41) is 4.26. The second-order valence-corrected chi connectivity index (χ2v) is 7.78. The van der Waals surface area contributed by atoms with Crippen LogP contribution in [0.2, 0.25) is 0 Å². The van der Waals surface area contributed by atoms with Gasteiger partial charge in [0.1, 0.15) is 0 Å². The zero-order chi connectivity index (χ0) is 18.4. The lowest BCUT2D eigenvalue weighted by Gasteiger charge is -2.22. The number of rotatable bonds is 3. The predicted molar refractivity (Wildman–Crippen MR) is 112 cm³/mol. The molecule has 1 nitrogen and oxygen atoms in total. The third-order valence-corrected chi connectivity index (χ3v) is 4.95. The Morgan fingerprint density at radius 1 is 1.16 bits per heavy atom. The first-order valence-electron chi connectivity index (χ1n) is 9.12. The van der Waals surface area contributed by atoms with Crippen molar-refractivity contribution in [2.75, 3.05) is 6.54 Å². The number of hydrogen-bond donors (Lipinski definition) is 1. The summed E-state index contributed by atoms with van der Waals surface area (Å²) < 4.78 is 0. The van der Waals surface area contributed by atoms with Gasteiger partial charge in [0, 0.05) is 11.6 Å². The van der Waals surface area contributed by atoms with Gasteiger partial charge in [0.2, 0.25) is 0 Å². The van der Waals surface area contributed by atoms with Crippen molar-refractivity contribution in [3.63, 3.8) is 0 Å². The van der Waals surface area contributed by atoms with Gasteiger partial charge in [-0.1, -0.05) is 55.8 Å². The van der Waals surface area contributed by atoms with E-state index in [4.69, 9.17) is 11.6 Å². The molecule has 0 aromatic rings. The fraction of sp³-hybridized carbons (Fsp3) is 0.391. The maximum Gasteiger partial charge on any atom is 0.0331 e. The van der Waals surface area contributed by atoms with Crippen molar-refractivity contribution in [1.29, 1.82) is 0 Å². The van der Waals surface area contributed by atoms with Crippen LogP contribution in [0.1, 0.15) is 47.0 Å². The maximum atomic E-state index is 6.42. The van der Waals surface area contributed by atoms with Crippen molar-refractivity contribution in [2.45, 2.75) is 47.0 Å². The van der Waals surface area contributed by atoms with Crippen LogP contribution in [0.25, 0.3) is 0 Å². The largest absolute Gasteiger partial charge is 0.387 e. The number of hydrogen-bond acceptors (Lipinski definition) is 1. The smallest absolute Gasteiger partial charge is 0.0331 e. The molecule has 2 rings (SSSR count). The van der Waals surface area contributed by atoms with Gasteiger partial charge in [-0.25, -0.2) is 0 Å². The molecule has 0 fully saturated rings. The van der Waals surface area contributed by atoms with Crippen LogP contribution in [-0.2, 0) is 0 Å². The SMILES string of the molecule is C=C1/C=C\NC\C=C(C)/C(C2=C(CC(C)C)CCC(Cl)=C2)=C\C=C/1C. The van der Waals surface area contributed by atoms with E-state index in [0.29, 0.717) is 5.92 Å². The highest BCUT2D eigenvalue weighted by molar-refractivity contribution is 6.29. The van der Waals surface area contributed by atoms with E-state index >= 15 is 0 Å². The first-order valence-corrected chi connectivity index (χ1v) is 9.49. The summed E-state index contributed by atoms with van der Waals surface area (Å²) in [7, 11) is 0. The Bertz CT molecular complexity index is 708. The van der Waals surface area contributed by atoms with Crippen molar-refractivity contribution in [3.8, 4) is 0 Å². The lowest BCUT2D eigenvalue weighted by molar-refractivity contribution is 0.619. The second kappa shape index (κ2) is 9.10. The first-order chi connectivity index (χ1) is 11.9. The van der Waals surface area contributed by atoms with E-state index in [1.807, 2.05) is 12.3 Å². The molecule has 0 bridgehead atoms. The Labute approximate surface area is 158 Å². The molecule has 0 saturated carbocycles. The molecule has 0 aromatic carbocycles. The molecule has 1 aliphatic heterocycles. The average Bonchev–Trinajstić information content (AvgIpc) is 2.57. The second-order valence-electron chi connectivity index (χ2n) is 7.29. The fourth-order valence-electron chi connectivity index (χ4n) is 3.14. The summed E-state index contributed by atoms with van der Waals surface area (Å²) in [6, 6.07) is 0. The van der Waals surface area contributed by atoms with Crippen LogP contribution in [0, 0.1) is 5.92 Å². The molecule has 25 heavy (non-hydrogen) atoms. The molecule has 0 aromatic heterocycles. The minimum absolute atomic E-state index is 0.644. The van der Waals surface area contributed by atoms with E-state index < -0.39 is 0 Å². The third kappa shape index (κ3) is 5.64. The molecule has 1 N–H and O–H groups in total. The summed E-state index contributed by atoms with van der Waals surface area (Å²) in [6.07, 6.45) is 15.9. The normalized spacial score (nSPS) is 27.2. The van der Waals surface area contributed by atoms with Gasteiger partial charge in [0.05, 0.1) is 0 Å². The topological polar surface area (TPSA) is 12.0 Å². The van der Waals surface area contributed by atoms with Crippen LogP contribution in [-0.4, -0.2) is 6.54 Å². The van der Waals surface area contributed by atoms with Gasteiger partial charge in [0.25, 0.3) is 0 Å². The van der Waals surface area contributed by atoms with Crippen LogP contribution in [0.3, 0.4) is 0 Å². The van der Waals surface area contributed by atoms with Crippen LogP contribution in [0.5, 0.6) is 0 Å². The molecular formula is C23H30ClN. The van der Waals surface area contributed by atoms with Gasteiger partial charge in [-0.2, -0.15) is 0 Å². The molecule has 2 heteroatoms. The van der Waals surface area contributed by atoms with E-state index in [1.165, 1.54) is 27.9 Å². The zero-order valence-corrected chi connectivity index (χ0v) is 16.7. The number of allylic oxidation sites excluding steroid dienone is 11. The van der Waals surface area contributed by atoms with Crippen LogP contribution >= 0.6 is 11.6 Å². The van der Waals surface area contributed by atoms with E-state index in [2.05, 4.69) is 63.9 Å². The quantitative estimate of drug-likeness (QED) is 0.591. The monoisotopic (exact) mass is 355 g/mol. The molecule has 0 saturated heterocycles. The molecule has 0 amide bonds. The molecule has 0 radical (unpaired) electrons. The summed E-state index contributed by atoms with van der Waals surface area (Å²) in [6.45, 7) is 13.8. The standard InChI is InChI=1S/C23H30ClN/c1-16(2)14-20-7-8-21(24)15-23(20)22-9-6-17(3)18(4)10-12-25-13-11-19(22)5/h6,9-12,15-16,25H,4,7-8,13-14H2,1-3,5H3/b12-10-,17-6-,19-11-,22-9+. The number of nitrogens with one attached hydrogen (secondary N) is 1. The summed E-state index contributed by atoms with van der Waals surface area (Å²) >= 11 is 6.42. The fourth-order valence-corrected chi connectivity index (χ4v) is 3.34. The number of halogens is 1. The van der Waals surface area contributed by atoms with Gasteiger partial charge in [-0.15, -0.1) is 0 Å². The van der Waals surface area contributed by atoms with E-state index in [9.17, 15) is 0 Å². The summed E-state index contributed by atoms with van der Waals surface area (Å²) in [4.78, 5) is 0. The molecule has 134 valence electrons. The van der Waals surface area contributed by atoms with Crippen molar-refractivity contribution < 1.29 is 0 Å². The Hall–Kier alpha value is -1.73. The van der Waals surface area contributed by atoms with Crippen LogP contribution < -0.4 is 5.32 Å². The van der Waals surface area contributed by atoms with Gasteiger partial charge in [-0.3, -0.25) is 0 Å². The first kappa shape index (κ1) is 19.6. The highest BCUT2D eigenvalue weighted by atomic mass is 35.5. The highest BCUT2D eigenvalue weighted by Gasteiger charge is 2.17. The molecule has 1 aliphatic carbocycles. The zero-order valence-electron chi connectivity index (χ0n) is 16.0. The van der Waals surface area contributed by atoms with Gasteiger partial charge in [0.15, 0.2) is 0 Å². The third-order valence-electron chi connectivity index (χ3n) is 4.65. The van der Waals surface area contributed by atoms with E-state index in [0.717, 1.165) is 36.4 Å². The van der Waals surface area contributed by atoms with E-state index in [-0.39, 0.29) is 0 Å². The molecule has 0 spiro atoms. The Kier molecular flexibility index (Phi) is 7.13. The van der Waals surface area contributed by atoms with E-state index in [1.54, 1.807) is 0 Å². The van der Waals surface area contributed by atoms with Crippen LogP contribution in [0.15, 0.2) is 81.6 Å². The molecule has 2 aliphatic rings. The maximum absolute atomic E-state index is 6.42. The highest BCUT2D eigenvalue weighted by Crippen LogP contribution is 2.36. The van der Waals surface area contributed by atoms with Gasteiger partial charge in [-0.05, 0) is 85.2 Å². The average molecular weight is 356 g/mol. The minimum atomic E-state index is 0.644. The molecule has 0 atom stereocenters. The van der Waals surface area contributed by atoms with Gasteiger partial charge < -0.3 is 5.32 Å². The molecule has 1 heterocycles. The van der Waals surface area contributed by atoms with Crippen molar-refractivity contribution in [3.05, 3.63) is 81.6 Å². The Balaban J connectivity index is 2.56. The molecule has 0 unspecified atom stereocenters.